The van der Waals surface area contributed by atoms with E-state index in [0.29, 0.717) is 17.9 Å². The molecule has 0 spiro atoms. The lowest BCUT2D eigenvalue weighted by Crippen LogP contribution is -2.29. The van der Waals surface area contributed by atoms with E-state index in [1.807, 2.05) is 0 Å². The van der Waals surface area contributed by atoms with Gasteiger partial charge in [-0.15, -0.1) is 0 Å². The molecule has 0 amide bonds. The van der Waals surface area contributed by atoms with Crippen LogP contribution in [0.2, 0.25) is 0 Å². The Morgan fingerprint density at radius 3 is 2.21 bits per heavy atom. The molecular weight excluding hydrogens is 232 g/mol. The lowest BCUT2D eigenvalue weighted by molar-refractivity contribution is 0.0626. The second-order valence-corrected chi connectivity index (χ2v) is 5.70. The van der Waals surface area contributed by atoms with E-state index in [9.17, 15) is 0 Å². The molecule has 5 rings (SSSR count). The Balaban J connectivity index is 1.60. The van der Waals surface area contributed by atoms with Crippen molar-refractivity contribution >= 4 is 5.57 Å². The molecule has 0 aromatic heterocycles. The van der Waals surface area contributed by atoms with Crippen LogP contribution in [0.1, 0.15) is 28.9 Å². The number of hydrogen-bond acceptors (Lipinski definition) is 1. The zero-order valence-corrected chi connectivity index (χ0v) is 10.5. The highest BCUT2D eigenvalue weighted by Crippen LogP contribution is 2.65. The number of fused-ring (bicyclic) bond motifs is 8. The maximum Gasteiger partial charge on any atom is 0.0912 e. The van der Waals surface area contributed by atoms with E-state index in [-0.39, 0.29) is 6.10 Å². The van der Waals surface area contributed by atoms with Gasteiger partial charge in [-0.25, -0.2) is 0 Å². The van der Waals surface area contributed by atoms with Crippen molar-refractivity contribution in [3.8, 4) is 0 Å². The van der Waals surface area contributed by atoms with Crippen LogP contribution in [0.5, 0.6) is 0 Å². The SMILES string of the molecule is C1=C(c2ccccc2)C2C3OC(c4ccccc43)C12. The third-order valence-electron chi connectivity index (χ3n) is 4.83. The lowest BCUT2D eigenvalue weighted by Gasteiger charge is -2.37. The fraction of sp³-hybridized carbons (Fsp3) is 0.222. The van der Waals surface area contributed by atoms with Crippen LogP contribution in [-0.4, -0.2) is 0 Å². The summed E-state index contributed by atoms with van der Waals surface area (Å²) in [6.45, 7) is 0. The molecule has 92 valence electrons. The number of benzene rings is 2. The van der Waals surface area contributed by atoms with Gasteiger partial charge in [0.1, 0.15) is 0 Å². The summed E-state index contributed by atoms with van der Waals surface area (Å²) in [5.41, 5.74) is 5.66. The first-order valence-electron chi connectivity index (χ1n) is 6.95. The average Bonchev–Trinajstić information content (AvgIpc) is 2.92. The second kappa shape index (κ2) is 3.37. The summed E-state index contributed by atoms with van der Waals surface area (Å²) in [6, 6.07) is 19.4. The molecule has 19 heavy (non-hydrogen) atoms. The first kappa shape index (κ1) is 9.99. The summed E-state index contributed by atoms with van der Waals surface area (Å²) in [6.07, 6.45) is 3.01. The normalized spacial score (nSPS) is 33.4. The molecule has 2 aromatic carbocycles. The van der Waals surface area contributed by atoms with Crippen LogP contribution in [-0.2, 0) is 4.74 Å². The summed E-state index contributed by atoms with van der Waals surface area (Å²) < 4.78 is 6.23. The van der Waals surface area contributed by atoms with Crippen LogP contribution in [0.25, 0.3) is 5.57 Å². The van der Waals surface area contributed by atoms with Crippen molar-refractivity contribution in [1.82, 2.24) is 0 Å². The zero-order valence-electron chi connectivity index (χ0n) is 10.5. The fourth-order valence-corrected chi connectivity index (χ4v) is 3.98. The van der Waals surface area contributed by atoms with Crippen LogP contribution >= 0.6 is 0 Å². The third kappa shape index (κ3) is 1.14. The molecule has 4 atom stereocenters. The van der Waals surface area contributed by atoms with Gasteiger partial charge in [0.25, 0.3) is 0 Å². The predicted molar refractivity (Wildman–Crippen MR) is 74.4 cm³/mol. The molecule has 1 heteroatoms. The van der Waals surface area contributed by atoms with Gasteiger partial charge in [-0.1, -0.05) is 60.7 Å². The van der Waals surface area contributed by atoms with Gasteiger partial charge in [0.05, 0.1) is 12.2 Å². The fourth-order valence-electron chi connectivity index (χ4n) is 3.98. The van der Waals surface area contributed by atoms with Crippen molar-refractivity contribution < 1.29 is 4.74 Å². The van der Waals surface area contributed by atoms with Gasteiger partial charge in [0.2, 0.25) is 0 Å². The van der Waals surface area contributed by atoms with E-state index < -0.39 is 0 Å². The van der Waals surface area contributed by atoms with Gasteiger partial charge in [-0.05, 0) is 22.3 Å². The maximum absolute atomic E-state index is 6.23. The van der Waals surface area contributed by atoms with Gasteiger partial charge in [0.15, 0.2) is 0 Å². The summed E-state index contributed by atoms with van der Waals surface area (Å²) in [5, 5.41) is 0. The van der Waals surface area contributed by atoms with E-state index in [2.05, 4.69) is 60.7 Å². The molecule has 1 saturated heterocycles. The average molecular weight is 246 g/mol. The van der Waals surface area contributed by atoms with Gasteiger partial charge in [0, 0.05) is 11.8 Å². The van der Waals surface area contributed by atoms with Gasteiger partial charge < -0.3 is 4.74 Å². The smallest absolute Gasteiger partial charge is 0.0912 e. The van der Waals surface area contributed by atoms with Crippen LogP contribution < -0.4 is 0 Å². The minimum absolute atomic E-state index is 0.284. The van der Waals surface area contributed by atoms with E-state index in [0.717, 1.165) is 0 Å². The topological polar surface area (TPSA) is 9.23 Å². The Labute approximate surface area is 112 Å². The van der Waals surface area contributed by atoms with E-state index >= 15 is 0 Å². The minimum Gasteiger partial charge on any atom is -0.364 e. The molecule has 1 fully saturated rings. The monoisotopic (exact) mass is 246 g/mol. The molecule has 4 unspecified atom stereocenters. The summed E-state index contributed by atoms with van der Waals surface area (Å²) in [5.74, 6) is 1.16. The minimum atomic E-state index is 0.284. The van der Waals surface area contributed by atoms with Crippen molar-refractivity contribution in [1.29, 1.82) is 0 Å². The zero-order chi connectivity index (χ0) is 12.4. The van der Waals surface area contributed by atoms with Gasteiger partial charge >= 0.3 is 0 Å². The van der Waals surface area contributed by atoms with Crippen molar-refractivity contribution in [2.45, 2.75) is 12.2 Å². The first-order valence-corrected chi connectivity index (χ1v) is 6.95. The second-order valence-electron chi connectivity index (χ2n) is 5.70. The number of rotatable bonds is 1. The maximum atomic E-state index is 6.23. The van der Waals surface area contributed by atoms with E-state index in [1.54, 1.807) is 0 Å². The van der Waals surface area contributed by atoms with E-state index in [1.165, 1.54) is 22.3 Å². The third-order valence-corrected chi connectivity index (χ3v) is 4.83. The summed E-state index contributed by atoms with van der Waals surface area (Å²) >= 11 is 0. The molecule has 0 radical (unpaired) electrons. The van der Waals surface area contributed by atoms with Gasteiger partial charge in [-0.2, -0.15) is 0 Å². The molecule has 2 aliphatic heterocycles. The molecule has 3 aliphatic rings. The summed E-state index contributed by atoms with van der Waals surface area (Å²) in [7, 11) is 0. The summed E-state index contributed by atoms with van der Waals surface area (Å²) in [4.78, 5) is 0. The van der Waals surface area contributed by atoms with Crippen molar-refractivity contribution in [2.24, 2.45) is 11.8 Å². The Hall–Kier alpha value is -1.86. The van der Waals surface area contributed by atoms with E-state index in [4.69, 9.17) is 4.74 Å². The molecular formula is C18H14O. The standard InChI is InChI=1S/C18H14O/c1-2-6-11(7-3-1)14-10-15-16(14)18-13-9-5-4-8-12(13)17(15)19-18/h1-10,15-18H. The van der Waals surface area contributed by atoms with Crippen molar-refractivity contribution in [2.75, 3.05) is 0 Å². The number of hydrogen-bond donors (Lipinski definition) is 0. The Morgan fingerprint density at radius 2 is 1.42 bits per heavy atom. The lowest BCUT2D eigenvalue weighted by atomic mass is 9.63. The Kier molecular flexibility index (Phi) is 1.77. The molecule has 2 heterocycles. The first-order chi connectivity index (χ1) is 9.43. The van der Waals surface area contributed by atoms with Crippen molar-refractivity contribution in [3.63, 3.8) is 0 Å². The Bertz CT molecular complexity index is 686. The quantitative estimate of drug-likeness (QED) is 0.734. The predicted octanol–water partition coefficient (Wildman–Crippen LogP) is 4.14. The molecule has 0 N–H and O–H groups in total. The highest BCUT2D eigenvalue weighted by Gasteiger charge is 2.56. The Morgan fingerprint density at radius 1 is 0.737 bits per heavy atom. The van der Waals surface area contributed by atoms with Crippen LogP contribution in [0, 0.1) is 11.8 Å². The van der Waals surface area contributed by atoms with Crippen molar-refractivity contribution in [3.05, 3.63) is 77.4 Å². The highest BCUT2D eigenvalue weighted by molar-refractivity contribution is 5.76. The molecule has 1 nitrogen and oxygen atoms in total. The highest BCUT2D eigenvalue weighted by atomic mass is 16.5. The van der Waals surface area contributed by atoms with Crippen LogP contribution in [0.3, 0.4) is 0 Å². The van der Waals surface area contributed by atoms with Crippen LogP contribution in [0.15, 0.2) is 60.7 Å². The number of ether oxygens (including phenoxy) is 1. The molecule has 2 aromatic rings. The van der Waals surface area contributed by atoms with Crippen LogP contribution in [0.4, 0.5) is 0 Å². The molecule has 2 bridgehead atoms. The largest absolute Gasteiger partial charge is 0.364 e. The molecule has 0 saturated carbocycles. The molecule has 1 aliphatic carbocycles. The van der Waals surface area contributed by atoms with Gasteiger partial charge in [-0.3, -0.25) is 0 Å².